The minimum absolute atomic E-state index is 0.0495. The van der Waals surface area contributed by atoms with Crippen LogP contribution in [0.25, 0.3) is 0 Å². The van der Waals surface area contributed by atoms with Crippen LogP contribution in [0.1, 0.15) is 23.2 Å². The van der Waals surface area contributed by atoms with Gasteiger partial charge < -0.3 is 24.8 Å². The van der Waals surface area contributed by atoms with Crippen LogP contribution in [-0.2, 0) is 4.74 Å². The molecule has 1 amide bonds. The van der Waals surface area contributed by atoms with E-state index in [2.05, 4.69) is 10.6 Å². The fourth-order valence-corrected chi connectivity index (χ4v) is 2.63. The van der Waals surface area contributed by atoms with Crippen LogP contribution in [0.5, 0.6) is 11.5 Å². The van der Waals surface area contributed by atoms with Crippen molar-refractivity contribution < 1.29 is 23.9 Å². The Labute approximate surface area is 145 Å². The first-order valence-corrected chi connectivity index (χ1v) is 8.06. The van der Waals surface area contributed by atoms with Crippen molar-refractivity contribution in [2.75, 3.05) is 40.5 Å². The van der Waals surface area contributed by atoms with E-state index in [1.165, 1.54) is 26.4 Å². The standard InChI is InChI=1S/C16H23N3O6/c1-23-6-7-25-15-9-13(19(21)22)12(8-14(15)24-2)16(20)18-11-4-3-5-17-10-11/h8-9,11,17H,3-7,10H2,1-2H3,(H,18,20)/t11-/m0/s1. The monoisotopic (exact) mass is 353 g/mol. The number of carbonyl (C=O) groups excluding carboxylic acids is 1. The van der Waals surface area contributed by atoms with Crippen molar-refractivity contribution in [3.8, 4) is 11.5 Å². The number of rotatable bonds is 8. The Morgan fingerprint density at radius 3 is 2.76 bits per heavy atom. The van der Waals surface area contributed by atoms with Gasteiger partial charge in [-0.25, -0.2) is 0 Å². The van der Waals surface area contributed by atoms with E-state index in [0.29, 0.717) is 13.2 Å². The smallest absolute Gasteiger partial charge is 0.286 e. The highest BCUT2D eigenvalue weighted by molar-refractivity contribution is 5.99. The first-order chi connectivity index (χ1) is 12.1. The third kappa shape index (κ3) is 5.04. The van der Waals surface area contributed by atoms with E-state index < -0.39 is 10.8 Å². The molecule has 0 saturated carbocycles. The van der Waals surface area contributed by atoms with Gasteiger partial charge in [-0.15, -0.1) is 0 Å². The zero-order valence-corrected chi connectivity index (χ0v) is 14.4. The van der Waals surface area contributed by atoms with Gasteiger partial charge in [0.25, 0.3) is 11.6 Å². The molecule has 9 heteroatoms. The maximum Gasteiger partial charge on any atom is 0.286 e. The Morgan fingerprint density at radius 1 is 1.36 bits per heavy atom. The third-order valence-electron chi connectivity index (χ3n) is 3.90. The van der Waals surface area contributed by atoms with Gasteiger partial charge in [-0.05, 0) is 19.4 Å². The lowest BCUT2D eigenvalue weighted by atomic mass is 10.1. The Balaban J connectivity index is 2.25. The number of hydrogen-bond acceptors (Lipinski definition) is 7. The average Bonchev–Trinajstić information content (AvgIpc) is 2.62. The quantitative estimate of drug-likeness (QED) is 0.409. The van der Waals surface area contributed by atoms with Gasteiger partial charge in [-0.3, -0.25) is 14.9 Å². The van der Waals surface area contributed by atoms with E-state index in [-0.39, 0.29) is 35.4 Å². The zero-order chi connectivity index (χ0) is 18.2. The Hall–Kier alpha value is -2.39. The van der Waals surface area contributed by atoms with Crippen molar-refractivity contribution in [2.24, 2.45) is 0 Å². The Kier molecular flexibility index (Phi) is 6.96. The van der Waals surface area contributed by atoms with Gasteiger partial charge in [0.05, 0.1) is 24.7 Å². The van der Waals surface area contributed by atoms with Crippen molar-refractivity contribution in [3.63, 3.8) is 0 Å². The summed E-state index contributed by atoms with van der Waals surface area (Å²) in [7, 11) is 2.94. The van der Waals surface area contributed by atoms with Crippen LogP contribution in [0.15, 0.2) is 12.1 Å². The molecule has 0 spiro atoms. The lowest BCUT2D eigenvalue weighted by molar-refractivity contribution is -0.385. The summed E-state index contributed by atoms with van der Waals surface area (Å²) < 4.78 is 15.6. The first-order valence-electron chi connectivity index (χ1n) is 8.06. The van der Waals surface area contributed by atoms with Gasteiger partial charge in [-0.1, -0.05) is 0 Å². The molecule has 138 valence electrons. The molecule has 1 heterocycles. The summed E-state index contributed by atoms with van der Waals surface area (Å²) in [6.07, 6.45) is 1.78. The van der Waals surface area contributed by atoms with Crippen LogP contribution in [0.2, 0.25) is 0 Å². The maximum atomic E-state index is 12.5. The zero-order valence-electron chi connectivity index (χ0n) is 14.4. The average molecular weight is 353 g/mol. The minimum Gasteiger partial charge on any atom is -0.493 e. The summed E-state index contributed by atoms with van der Waals surface area (Å²) in [6, 6.07) is 2.50. The highest BCUT2D eigenvalue weighted by atomic mass is 16.6. The van der Waals surface area contributed by atoms with Gasteiger partial charge in [-0.2, -0.15) is 0 Å². The molecule has 0 radical (unpaired) electrons. The molecule has 25 heavy (non-hydrogen) atoms. The van der Waals surface area contributed by atoms with E-state index in [9.17, 15) is 14.9 Å². The largest absolute Gasteiger partial charge is 0.493 e. The second-order valence-electron chi connectivity index (χ2n) is 5.64. The summed E-state index contributed by atoms with van der Waals surface area (Å²) in [5.74, 6) is -0.0436. The van der Waals surface area contributed by atoms with Crippen molar-refractivity contribution in [3.05, 3.63) is 27.8 Å². The molecule has 1 aromatic rings. The van der Waals surface area contributed by atoms with Gasteiger partial charge in [0.1, 0.15) is 12.2 Å². The van der Waals surface area contributed by atoms with Crippen LogP contribution in [0.3, 0.4) is 0 Å². The summed E-state index contributed by atoms with van der Waals surface area (Å²) in [5, 5.41) is 17.4. The van der Waals surface area contributed by atoms with Crippen LogP contribution in [-0.4, -0.2) is 57.4 Å². The second-order valence-corrected chi connectivity index (χ2v) is 5.64. The number of nitrogens with one attached hydrogen (secondary N) is 2. The number of nitrogens with zero attached hydrogens (tertiary/aromatic N) is 1. The van der Waals surface area contributed by atoms with E-state index in [1.807, 2.05) is 0 Å². The number of methoxy groups -OCH3 is 2. The van der Waals surface area contributed by atoms with Crippen molar-refractivity contribution in [2.45, 2.75) is 18.9 Å². The molecule has 0 aliphatic carbocycles. The molecule has 1 aromatic carbocycles. The van der Waals surface area contributed by atoms with Gasteiger partial charge in [0, 0.05) is 25.8 Å². The van der Waals surface area contributed by atoms with Crippen molar-refractivity contribution >= 4 is 11.6 Å². The number of carbonyl (C=O) groups is 1. The Morgan fingerprint density at radius 2 is 2.16 bits per heavy atom. The Bertz CT molecular complexity index is 616. The molecule has 9 nitrogen and oxygen atoms in total. The normalized spacial score (nSPS) is 17.0. The van der Waals surface area contributed by atoms with Crippen LogP contribution in [0.4, 0.5) is 5.69 Å². The first kappa shape index (κ1) is 18.9. The number of amides is 1. The number of nitro groups is 1. The lowest BCUT2D eigenvalue weighted by Crippen LogP contribution is -2.45. The number of piperidine rings is 1. The highest BCUT2D eigenvalue weighted by Crippen LogP contribution is 2.34. The summed E-state index contributed by atoms with van der Waals surface area (Å²) >= 11 is 0. The van der Waals surface area contributed by atoms with Crippen molar-refractivity contribution in [1.82, 2.24) is 10.6 Å². The van der Waals surface area contributed by atoms with E-state index >= 15 is 0 Å². The van der Waals surface area contributed by atoms with E-state index in [1.54, 1.807) is 0 Å². The SMILES string of the molecule is COCCOc1cc([N+](=O)[O-])c(C(=O)N[C@H]2CCCNC2)cc1OC. The number of hydrogen-bond donors (Lipinski definition) is 2. The molecule has 1 saturated heterocycles. The summed E-state index contributed by atoms with van der Waals surface area (Å²) in [6.45, 7) is 2.10. The molecule has 1 aliphatic heterocycles. The molecule has 0 unspecified atom stereocenters. The molecule has 0 bridgehead atoms. The van der Waals surface area contributed by atoms with Gasteiger partial charge in [0.2, 0.25) is 0 Å². The third-order valence-corrected chi connectivity index (χ3v) is 3.90. The van der Waals surface area contributed by atoms with Gasteiger partial charge >= 0.3 is 0 Å². The number of benzene rings is 1. The topological polar surface area (TPSA) is 112 Å². The fourth-order valence-electron chi connectivity index (χ4n) is 2.63. The van der Waals surface area contributed by atoms with Crippen LogP contribution >= 0.6 is 0 Å². The van der Waals surface area contributed by atoms with E-state index in [4.69, 9.17) is 14.2 Å². The van der Waals surface area contributed by atoms with E-state index in [0.717, 1.165) is 19.4 Å². The minimum atomic E-state index is -0.601. The number of ether oxygens (including phenoxy) is 3. The second kappa shape index (κ2) is 9.19. The van der Waals surface area contributed by atoms with Crippen LogP contribution < -0.4 is 20.1 Å². The summed E-state index contributed by atoms with van der Waals surface area (Å²) in [5.41, 5.74) is -0.374. The summed E-state index contributed by atoms with van der Waals surface area (Å²) in [4.78, 5) is 23.3. The molecular weight excluding hydrogens is 330 g/mol. The molecule has 2 rings (SSSR count). The van der Waals surface area contributed by atoms with Crippen LogP contribution in [0, 0.1) is 10.1 Å². The fraction of sp³-hybridized carbons (Fsp3) is 0.562. The molecule has 1 atom stereocenters. The molecule has 0 aromatic heterocycles. The van der Waals surface area contributed by atoms with Crippen molar-refractivity contribution in [1.29, 1.82) is 0 Å². The number of nitro benzene ring substituents is 1. The maximum absolute atomic E-state index is 12.5. The molecule has 1 aliphatic rings. The lowest BCUT2D eigenvalue weighted by Gasteiger charge is -2.23. The predicted molar refractivity (Wildman–Crippen MR) is 90.4 cm³/mol. The molecule has 1 fully saturated rings. The van der Waals surface area contributed by atoms with Gasteiger partial charge in [0.15, 0.2) is 11.5 Å². The molecular formula is C16H23N3O6. The molecule has 2 N–H and O–H groups in total. The highest BCUT2D eigenvalue weighted by Gasteiger charge is 2.26. The predicted octanol–water partition coefficient (Wildman–Crippen LogP) is 1.11.